The van der Waals surface area contributed by atoms with Crippen LogP contribution in [0.5, 0.6) is 0 Å². The van der Waals surface area contributed by atoms with E-state index in [1.807, 2.05) is 34.6 Å². The summed E-state index contributed by atoms with van der Waals surface area (Å²) >= 11 is 0. The summed E-state index contributed by atoms with van der Waals surface area (Å²) < 4.78 is 18.4. The van der Waals surface area contributed by atoms with Crippen molar-refractivity contribution >= 4 is 23.8 Å². The molecule has 0 aromatic carbocycles. The maximum Gasteiger partial charge on any atom is 0.326 e. The summed E-state index contributed by atoms with van der Waals surface area (Å²) in [4.78, 5) is 62.4. The highest BCUT2D eigenvalue weighted by atomic mass is 17.3. The van der Waals surface area contributed by atoms with Crippen molar-refractivity contribution in [2.24, 2.45) is 35.5 Å². The Hall–Kier alpha value is -2.28. The van der Waals surface area contributed by atoms with Gasteiger partial charge in [0.05, 0.1) is 6.42 Å². The van der Waals surface area contributed by atoms with Crippen molar-refractivity contribution in [3.8, 4) is 0 Å². The van der Waals surface area contributed by atoms with Crippen molar-refractivity contribution < 1.29 is 48.3 Å². The first-order valence-corrected chi connectivity index (χ1v) is 15.9. The fourth-order valence-corrected chi connectivity index (χ4v) is 7.32. The van der Waals surface area contributed by atoms with Gasteiger partial charge in [0, 0.05) is 24.7 Å². The van der Waals surface area contributed by atoms with E-state index in [4.69, 9.17) is 24.0 Å². The molecule has 5 rings (SSSR count). The monoisotopic (exact) mass is 610 g/mol. The summed E-state index contributed by atoms with van der Waals surface area (Å²) in [7, 11) is 0. The Morgan fingerprint density at radius 2 is 1.72 bits per heavy atom. The molecule has 43 heavy (non-hydrogen) atoms. The van der Waals surface area contributed by atoms with Crippen LogP contribution in [0.25, 0.3) is 0 Å². The van der Waals surface area contributed by atoms with Crippen LogP contribution in [0.1, 0.15) is 99.8 Å². The summed E-state index contributed by atoms with van der Waals surface area (Å²) in [5, 5.41) is 14.8. The summed E-state index contributed by atoms with van der Waals surface area (Å²) in [6, 6.07) is -1.99. The standard InChI is InChI=1S/C31H50N2O10/c1-8-17(4)25(27(37)38)33-26(36)22(15-16(2)3)32-23(34)11-12-24(35)39-28-19(6)21-10-9-18(5)20-13-14-30(7)41-29(40-28)31(20,21)43-42-30/h16-22,25,28-29H,8-15H2,1-7H3,(H,32,34)(H,33,36)(H,37,38)/t17-,18+,19+,20-,21-,22+,25+,28-,29-,30+,31-/m0/s1. The average Bonchev–Trinajstić information content (AvgIpc) is 3.17. The predicted octanol–water partition coefficient (Wildman–Crippen LogP) is 3.66. The summed E-state index contributed by atoms with van der Waals surface area (Å²) in [6.45, 7) is 13.4. The molecule has 12 heteroatoms. The molecular formula is C31H50N2O10. The molecule has 1 spiro atoms. The molecule has 4 heterocycles. The Balaban J connectivity index is 1.35. The van der Waals surface area contributed by atoms with Crippen molar-refractivity contribution in [1.29, 1.82) is 0 Å². The Morgan fingerprint density at radius 3 is 2.37 bits per heavy atom. The van der Waals surface area contributed by atoms with Crippen LogP contribution in [0.15, 0.2) is 0 Å². The quantitative estimate of drug-likeness (QED) is 0.220. The van der Waals surface area contributed by atoms with Gasteiger partial charge < -0.3 is 30.0 Å². The van der Waals surface area contributed by atoms with Gasteiger partial charge in [0.15, 0.2) is 11.9 Å². The van der Waals surface area contributed by atoms with Crippen molar-refractivity contribution in [2.75, 3.05) is 0 Å². The van der Waals surface area contributed by atoms with Gasteiger partial charge in [0.1, 0.15) is 12.1 Å². The van der Waals surface area contributed by atoms with Crippen LogP contribution >= 0.6 is 0 Å². The van der Waals surface area contributed by atoms with Crippen LogP contribution in [0.4, 0.5) is 0 Å². The minimum atomic E-state index is -1.13. The third kappa shape index (κ3) is 7.02. The fraction of sp³-hybridized carbons (Fsp3) is 0.871. The molecule has 3 N–H and O–H groups in total. The van der Waals surface area contributed by atoms with Crippen LogP contribution in [0.3, 0.4) is 0 Å². The molecule has 5 fully saturated rings. The van der Waals surface area contributed by atoms with E-state index in [-0.39, 0.29) is 42.4 Å². The zero-order valence-electron chi connectivity index (χ0n) is 26.6. The Kier molecular flexibility index (Phi) is 10.5. The highest BCUT2D eigenvalue weighted by Crippen LogP contribution is 2.60. The molecule has 2 amide bonds. The molecule has 0 unspecified atom stereocenters. The van der Waals surface area contributed by atoms with Crippen molar-refractivity contribution in [1.82, 2.24) is 10.6 Å². The smallest absolute Gasteiger partial charge is 0.326 e. The van der Waals surface area contributed by atoms with Crippen molar-refractivity contribution in [2.45, 2.75) is 136 Å². The minimum Gasteiger partial charge on any atom is -0.480 e. The molecule has 244 valence electrons. The number of rotatable bonds is 12. The van der Waals surface area contributed by atoms with Crippen molar-refractivity contribution in [3.63, 3.8) is 0 Å². The number of fused-ring (bicyclic) bond motifs is 2. The maximum atomic E-state index is 13.0. The molecule has 1 aliphatic carbocycles. The summed E-state index contributed by atoms with van der Waals surface area (Å²) in [6.07, 6.45) is 2.31. The molecule has 1 saturated carbocycles. The number of carboxylic acids is 1. The second-order valence-electron chi connectivity index (χ2n) is 13.7. The first-order chi connectivity index (χ1) is 20.2. The first kappa shape index (κ1) is 33.6. The van der Waals surface area contributed by atoms with E-state index in [9.17, 15) is 24.3 Å². The maximum absolute atomic E-state index is 13.0. The number of esters is 1. The zero-order chi connectivity index (χ0) is 31.7. The van der Waals surface area contributed by atoms with Gasteiger partial charge in [-0.2, -0.15) is 0 Å². The van der Waals surface area contributed by atoms with Gasteiger partial charge in [-0.05, 0) is 56.3 Å². The van der Waals surface area contributed by atoms with Crippen LogP contribution in [0.2, 0.25) is 0 Å². The molecule has 2 bridgehead atoms. The highest BCUT2D eigenvalue weighted by Gasteiger charge is 2.69. The van der Waals surface area contributed by atoms with Gasteiger partial charge in [0.2, 0.25) is 23.9 Å². The van der Waals surface area contributed by atoms with Crippen LogP contribution in [-0.4, -0.2) is 64.9 Å². The molecule has 5 aliphatic rings. The normalized spacial score (nSPS) is 36.9. The predicted molar refractivity (Wildman–Crippen MR) is 153 cm³/mol. The molecule has 4 saturated heterocycles. The lowest BCUT2D eigenvalue weighted by molar-refractivity contribution is -0.576. The summed E-state index contributed by atoms with van der Waals surface area (Å²) in [5.74, 6) is -3.55. The minimum absolute atomic E-state index is 0.00319. The Bertz CT molecular complexity index is 1050. The van der Waals surface area contributed by atoms with Crippen LogP contribution in [0, 0.1) is 35.5 Å². The van der Waals surface area contributed by atoms with Gasteiger partial charge in [-0.25, -0.2) is 14.6 Å². The Morgan fingerprint density at radius 1 is 1.00 bits per heavy atom. The molecule has 0 aromatic rings. The number of hydrogen-bond donors (Lipinski definition) is 3. The number of aliphatic carboxylic acids is 1. The number of carbonyl (C=O) groups is 4. The molecule has 11 atom stereocenters. The largest absolute Gasteiger partial charge is 0.480 e. The second kappa shape index (κ2) is 13.4. The van der Waals surface area contributed by atoms with Crippen LogP contribution in [-0.2, 0) is 43.2 Å². The number of amides is 2. The highest BCUT2D eigenvalue weighted by molar-refractivity contribution is 5.91. The number of ether oxygens (including phenoxy) is 3. The van der Waals surface area contributed by atoms with Gasteiger partial charge in [0.25, 0.3) is 0 Å². The molecular weight excluding hydrogens is 560 g/mol. The van der Waals surface area contributed by atoms with E-state index in [1.54, 1.807) is 6.92 Å². The topological polar surface area (TPSA) is 159 Å². The first-order valence-electron chi connectivity index (χ1n) is 15.9. The third-order valence-corrected chi connectivity index (χ3v) is 10.0. The van der Waals surface area contributed by atoms with Crippen molar-refractivity contribution in [3.05, 3.63) is 0 Å². The van der Waals surface area contributed by atoms with Gasteiger partial charge in [-0.3, -0.25) is 14.4 Å². The average molecular weight is 611 g/mol. The molecule has 4 aliphatic heterocycles. The lowest BCUT2D eigenvalue weighted by Gasteiger charge is -2.59. The van der Waals surface area contributed by atoms with E-state index in [0.717, 1.165) is 19.3 Å². The SMILES string of the molecule is CC[C@H](C)[C@@H](NC(=O)[C@@H](CC(C)C)NC(=O)CCC(=O)O[C@H]1O[C@H]2O[C@@]3(C)CC[C@H]4[C@H](C)CC[C@@H]([C@H]1C)[C@]24OO3)C(=O)O. The number of carbonyl (C=O) groups excluding carboxylic acids is 3. The number of hydrogen-bond acceptors (Lipinski definition) is 9. The lowest BCUT2D eigenvalue weighted by Crippen LogP contribution is -2.70. The zero-order valence-corrected chi connectivity index (χ0v) is 26.6. The fourth-order valence-electron chi connectivity index (χ4n) is 7.32. The molecule has 0 radical (unpaired) electrons. The van der Waals surface area contributed by atoms with Gasteiger partial charge in [-0.1, -0.05) is 48.0 Å². The summed E-state index contributed by atoms with van der Waals surface area (Å²) in [5.41, 5.74) is -0.767. The molecule has 12 nitrogen and oxygen atoms in total. The second-order valence-corrected chi connectivity index (χ2v) is 13.7. The van der Waals surface area contributed by atoms with Gasteiger partial charge >= 0.3 is 11.9 Å². The van der Waals surface area contributed by atoms with E-state index < -0.39 is 59.8 Å². The Labute approximate surface area is 254 Å². The van der Waals surface area contributed by atoms with E-state index in [1.165, 1.54) is 0 Å². The number of carboxylic acid groups (broad SMARTS) is 1. The number of nitrogens with one attached hydrogen (secondary N) is 2. The van der Waals surface area contributed by atoms with Crippen LogP contribution < -0.4 is 10.6 Å². The lowest BCUT2D eigenvalue weighted by atomic mass is 9.58. The third-order valence-electron chi connectivity index (χ3n) is 10.0. The van der Waals surface area contributed by atoms with E-state index in [0.29, 0.717) is 25.2 Å². The van der Waals surface area contributed by atoms with E-state index >= 15 is 0 Å². The van der Waals surface area contributed by atoms with E-state index in [2.05, 4.69) is 17.6 Å². The molecule has 0 aromatic heterocycles. The van der Waals surface area contributed by atoms with Gasteiger partial charge in [-0.15, -0.1) is 0 Å².